The highest BCUT2D eigenvalue weighted by molar-refractivity contribution is 7.98. The zero-order valence-corrected chi connectivity index (χ0v) is 13.9. The summed E-state index contributed by atoms with van der Waals surface area (Å²) >= 11 is 1.41. The van der Waals surface area contributed by atoms with Crippen molar-refractivity contribution in [2.75, 3.05) is 20.7 Å². The zero-order valence-electron chi connectivity index (χ0n) is 13.1. The molecule has 0 aliphatic heterocycles. The van der Waals surface area contributed by atoms with Crippen molar-refractivity contribution < 1.29 is 14.3 Å². The van der Waals surface area contributed by atoms with Gasteiger partial charge in [0.15, 0.2) is 0 Å². The van der Waals surface area contributed by atoms with Crippen molar-refractivity contribution in [2.24, 2.45) is 4.99 Å². The molecule has 1 fully saturated rings. The Balaban J connectivity index is 2.47. The first kappa shape index (κ1) is 18.3. The third-order valence-corrected chi connectivity index (χ3v) is 4.12. The van der Waals surface area contributed by atoms with E-state index in [9.17, 15) is 9.59 Å². The molecular weight excluding hydrogens is 304 g/mol. The van der Waals surface area contributed by atoms with Gasteiger partial charge in [0.25, 0.3) is 0 Å². The minimum absolute atomic E-state index is 0.139. The monoisotopic (exact) mass is 328 g/mol. The smallest absolute Gasteiger partial charge is 0.347 e. The molecule has 0 spiro atoms. The van der Waals surface area contributed by atoms with Gasteiger partial charge >= 0.3 is 18.1 Å². The molecule has 0 bridgehead atoms. The maximum absolute atomic E-state index is 11.9. The molecule has 0 aromatic heterocycles. The lowest BCUT2D eigenvalue weighted by Gasteiger charge is -2.20. The lowest BCUT2D eigenvalue weighted by atomic mass is 10.0. The van der Waals surface area contributed by atoms with Crippen LogP contribution in [0.2, 0.25) is 0 Å². The normalized spacial score (nSPS) is 15.8. The van der Waals surface area contributed by atoms with Crippen LogP contribution in [0.1, 0.15) is 32.1 Å². The summed E-state index contributed by atoms with van der Waals surface area (Å²) in [6.45, 7) is 3.66. The molecule has 7 nitrogen and oxygen atoms in total. The van der Waals surface area contributed by atoms with E-state index in [-0.39, 0.29) is 12.6 Å². The van der Waals surface area contributed by atoms with Crippen molar-refractivity contribution in [3.63, 3.8) is 0 Å². The summed E-state index contributed by atoms with van der Waals surface area (Å²) in [4.78, 5) is 28.4. The predicted octanol–water partition coefficient (Wildman–Crippen LogP) is 2.51. The van der Waals surface area contributed by atoms with Gasteiger partial charge in [-0.1, -0.05) is 31.9 Å². The number of amidine groups is 1. The fourth-order valence-electron chi connectivity index (χ4n) is 1.86. The van der Waals surface area contributed by atoms with Crippen molar-refractivity contribution in [1.82, 2.24) is 14.9 Å². The Morgan fingerprint density at radius 2 is 2.05 bits per heavy atom. The molecule has 0 heterocycles. The Bertz CT molecular complexity index is 420. The molecule has 0 saturated heterocycles. The minimum Gasteiger partial charge on any atom is -0.460 e. The first-order valence-electron chi connectivity index (χ1n) is 7.29. The molecular formula is C14H24N4O3S. The minimum atomic E-state index is -0.515. The number of nitrogens with one attached hydrogen (secondary N) is 2. The quantitative estimate of drug-likeness (QED) is 0.359. The molecule has 0 aromatic carbocycles. The van der Waals surface area contributed by atoms with Gasteiger partial charge in [-0.15, -0.1) is 4.99 Å². The molecule has 0 aromatic rings. The summed E-state index contributed by atoms with van der Waals surface area (Å²) in [5.74, 6) is 0. The molecule has 22 heavy (non-hydrogen) atoms. The second kappa shape index (κ2) is 10.1. The van der Waals surface area contributed by atoms with E-state index in [0.29, 0.717) is 5.25 Å². The first-order valence-corrected chi connectivity index (χ1v) is 8.17. The van der Waals surface area contributed by atoms with Gasteiger partial charge in [-0.05, 0) is 24.8 Å². The highest BCUT2D eigenvalue weighted by atomic mass is 32.2. The van der Waals surface area contributed by atoms with Crippen LogP contribution >= 0.6 is 11.9 Å². The van der Waals surface area contributed by atoms with E-state index in [1.807, 2.05) is 0 Å². The summed E-state index contributed by atoms with van der Waals surface area (Å²) < 4.78 is 7.89. The number of aliphatic imine (C=N–C) groups is 1. The van der Waals surface area contributed by atoms with Crippen molar-refractivity contribution >= 4 is 30.0 Å². The summed E-state index contributed by atoms with van der Waals surface area (Å²) in [5, 5.41) is 2.88. The summed E-state index contributed by atoms with van der Waals surface area (Å²) in [6, 6.07) is -1.11. The van der Waals surface area contributed by atoms with Gasteiger partial charge in [-0.25, -0.2) is 9.59 Å². The van der Waals surface area contributed by atoms with E-state index in [1.165, 1.54) is 42.2 Å². The van der Waals surface area contributed by atoms with Gasteiger partial charge in [0, 0.05) is 19.3 Å². The highest BCUT2D eigenvalue weighted by Gasteiger charge is 2.16. The summed E-state index contributed by atoms with van der Waals surface area (Å²) in [5.41, 5.74) is 0. The van der Waals surface area contributed by atoms with Crippen molar-refractivity contribution in [3.8, 4) is 0 Å². The number of ether oxygens (including phenoxy) is 1. The summed E-state index contributed by atoms with van der Waals surface area (Å²) in [7, 11) is 3.13. The molecule has 4 amide bonds. The van der Waals surface area contributed by atoms with E-state index in [0.717, 1.165) is 12.8 Å². The fraction of sp³-hybridized carbons (Fsp3) is 0.643. The molecule has 1 aliphatic rings. The molecule has 0 radical (unpaired) electrons. The average molecular weight is 328 g/mol. The Hall–Kier alpha value is -1.70. The van der Waals surface area contributed by atoms with Crippen LogP contribution in [0.4, 0.5) is 9.59 Å². The molecule has 1 rings (SSSR count). The van der Waals surface area contributed by atoms with E-state index >= 15 is 0 Å². The second-order valence-corrected chi connectivity index (χ2v) is 6.23. The van der Waals surface area contributed by atoms with Crippen LogP contribution in [-0.2, 0) is 4.74 Å². The first-order chi connectivity index (χ1) is 10.5. The Kier molecular flexibility index (Phi) is 8.42. The third kappa shape index (κ3) is 7.35. The number of urea groups is 2. The topological polar surface area (TPSA) is 83.0 Å². The molecule has 8 heteroatoms. The van der Waals surface area contributed by atoms with Crippen LogP contribution in [0.3, 0.4) is 0 Å². The molecule has 1 saturated carbocycles. The van der Waals surface area contributed by atoms with Crippen LogP contribution < -0.4 is 10.0 Å². The maximum Gasteiger partial charge on any atom is 0.347 e. The second-order valence-electron chi connectivity index (χ2n) is 5.13. The lowest BCUT2D eigenvalue weighted by molar-refractivity contribution is 0.225. The number of nitrogens with zero attached hydrogens (tertiary/aromatic N) is 2. The third-order valence-electron chi connectivity index (χ3n) is 3.01. The standard InChI is InChI=1S/C14H24N4O3S/c1-4-10-21-13(16-14(20)18(2)3)15-12(19)17-22-11-8-6-5-7-9-11/h4,11H,1,5-10H2,2-3H3,(H2,15,16,17,19,20). The van der Waals surface area contributed by atoms with Crippen LogP contribution in [-0.4, -0.2) is 48.9 Å². The number of hydrogen-bond donors (Lipinski definition) is 2. The zero-order chi connectivity index (χ0) is 16.4. The molecule has 1 aliphatic carbocycles. The summed E-state index contributed by atoms with van der Waals surface area (Å²) in [6.07, 6.45) is 7.39. The number of rotatable bonds is 4. The van der Waals surface area contributed by atoms with Crippen LogP contribution in [0, 0.1) is 0 Å². The van der Waals surface area contributed by atoms with Crippen LogP contribution in [0.5, 0.6) is 0 Å². The molecule has 124 valence electrons. The average Bonchev–Trinajstić information content (AvgIpc) is 2.51. The van der Waals surface area contributed by atoms with E-state index in [1.54, 1.807) is 14.1 Å². The SMILES string of the molecule is C=CCOC(=NC(=O)N(C)C)NC(=O)NSC1CCCCC1. The van der Waals surface area contributed by atoms with Crippen LogP contribution in [0.15, 0.2) is 17.6 Å². The number of carbonyl (C=O) groups excluding carboxylic acids is 2. The van der Waals surface area contributed by atoms with Crippen molar-refractivity contribution in [1.29, 1.82) is 0 Å². The molecule has 0 atom stereocenters. The highest BCUT2D eigenvalue weighted by Crippen LogP contribution is 2.26. The molecule has 2 N–H and O–H groups in total. The number of amides is 4. The van der Waals surface area contributed by atoms with E-state index < -0.39 is 12.1 Å². The van der Waals surface area contributed by atoms with Gasteiger partial charge in [-0.3, -0.25) is 10.0 Å². The largest absolute Gasteiger partial charge is 0.460 e. The molecule has 0 unspecified atom stereocenters. The van der Waals surface area contributed by atoms with E-state index in [2.05, 4.69) is 21.6 Å². The van der Waals surface area contributed by atoms with Gasteiger partial charge in [-0.2, -0.15) is 0 Å². The van der Waals surface area contributed by atoms with Gasteiger partial charge in [0.05, 0.1) is 0 Å². The number of hydrogen-bond acceptors (Lipinski definition) is 4. The van der Waals surface area contributed by atoms with Crippen molar-refractivity contribution in [3.05, 3.63) is 12.7 Å². The van der Waals surface area contributed by atoms with Gasteiger partial charge in [0.1, 0.15) is 6.61 Å². The Labute approximate surface area is 135 Å². The lowest BCUT2D eigenvalue weighted by Crippen LogP contribution is -2.39. The Morgan fingerprint density at radius 3 is 2.64 bits per heavy atom. The maximum atomic E-state index is 11.9. The number of carbonyl (C=O) groups is 2. The van der Waals surface area contributed by atoms with Crippen molar-refractivity contribution in [2.45, 2.75) is 37.4 Å². The van der Waals surface area contributed by atoms with Crippen LogP contribution in [0.25, 0.3) is 0 Å². The predicted molar refractivity (Wildman–Crippen MR) is 88.8 cm³/mol. The fourth-order valence-corrected chi connectivity index (χ4v) is 2.76. The van der Waals surface area contributed by atoms with E-state index in [4.69, 9.17) is 4.74 Å². The Morgan fingerprint density at radius 1 is 1.36 bits per heavy atom. The van der Waals surface area contributed by atoms with Gasteiger partial charge in [0.2, 0.25) is 0 Å². The van der Waals surface area contributed by atoms with Gasteiger partial charge < -0.3 is 9.64 Å².